The highest BCUT2D eigenvalue weighted by Gasteiger charge is 2.32. The average Bonchev–Trinajstić information content (AvgIpc) is 2.93. The van der Waals surface area contributed by atoms with Crippen molar-refractivity contribution < 1.29 is 13.7 Å². The van der Waals surface area contributed by atoms with Crippen LogP contribution < -0.4 is 5.32 Å². The molecular formula is C11H12F2N2O2. The lowest BCUT2D eigenvalue weighted by Crippen LogP contribution is -2.18. The van der Waals surface area contributed by atoms with Crippen LogP contribution in [-0.4, -0.2) is 11.0 Å². The molecule has 0 spiro atoms. The van der Waals surface area contributed by atoms with Gasteiger partial charge in [-0.25, -0.2) is 4.39 Å². The number of hydrogen-bond donors (Lipinski definition) is 1. The van der Waals surface area contributed by atoms with Crippen LogP contribution in [0.5, 0.6) is 0 Å². The van der Waals surface area contributed by atoms with Gasteiger partial charge < -0.3 is 5.32 Å². The molecule has 4 nitrogen and oxygen atoms in total. The number of nitrogens with zero attached hydrogens (tertiary/aromatic N) is 1. The molecule has 92 valence electrons. The van der Waals surface area contributed by atoms with Crippen LogP contribution in [0, 0.1) is 27.7 Å². The normalized spacial score (nSPS) is 22.5. The zero-order chi connectivity index (χ0) is 12.6. The smallest absolute Gasteiger partial charge is 0.305 e. The van der Waals surface area contributed by atoms with E-state index < -0.39 is 22.2 Å². The van der Waals surface area contributed by atoms with E-state index in [1.165, 1.54) is 0 Å². The lowest BCUT2D eigenvalue weighted by molar-refractivity contribution is -0.387. The van der Waals surface area contributed by atoms with Crippen molar-refractivity contribution in [2.45, 2.75) is 25.9 Å². The summed E-state index contributed by atoms with van der Waals surface area (Å²) in [5.41, 5.74) is -0.566. The first-order valence-corrected chi connectivity index (χ1v) is 5.34. The Morgan fingerprint density at radius 1 is 1.47 bits per heavy atom. The molecule has 1 N–H and O–H groups in total. The third kappa shape index (κ3) is 2.58. The summed E-state index contributed by atoms with van der Waals surface area (Å²) in [4.78, 5) is 9.66. The van der Waals surface area contributed by atoms with E-state index in [1.807, 2.05) is 0 Å². The molecule has 0 aromatic heterocycles. The largest absolute Gasteiger partial charge is 0.310 e. The fourth-order valence-electron chi connectivity index (χ4n) is 1.70. The molecule has 1 aromatic carbocycles. The number of halogens is 2. The van der Waals surface area contributed by atoms with E-state index in [1.54, 1.807) is 0 Å². The third-order valence-electron chi connectivity index (χ3n) is 2.98. The molecule has 1 aromatic rings. The fourth-order valence-corrected chi connectivity index (χ4v) is 1.70. The quantitative estimate of drug-likeness (QED) is 0.651. The number of nitrogens with one attached hydrogen (secondary N) is 1. The van der Waals surface area contributed by atoms with Gasteiger partial charge in [-0.15, -0.1) is 0 Å². The summed E-state index contributed by atoms with van der Waals surface area (Å²) in [6.07, 6.45) is 1.02. The first kappa shape index (κ1) is 11.9. The molecule has 1 aliphatic rings. The Morgan fingerprint density at radius 3 is 2.65 bits per heavy atom. The van der Waals surface area contributed by atoms with Crippen molar-refractivity contribution in [2.24, 2.45) is 5.92 Å². The van der Waals surface area contributed by atoms with Gasteiger partial charge >= 0.3 is 5.69 Å². The van der Waals surface area contributed by atoms with Gasteiger partial charge in [0, 0.05) is 30.3 Å². The lowest BCUT2D eigenvalue weighted by atomic mass is 10.1. The van der Waals surface area contributed by atoms with Crippen LogP contribution in [-0.2, 0) is 6.54 Å². The van der Waals surface area contributed by atoms with Crippen molar-refractivity contribution in [3.05, 3.63) is 39.4 Å². The minimum atomic E-state index is -1.14. The Morgan fingerprint density at radius 2 is 2.12 bits per heavy atom. The monoisotopic (exact) mass is 242 g/mol. The van der Waals surface area contributed by atoms with Crippen molar-refractivity contribution in [1.29, 1.82) is 0 Å². The molecule has 2 unspecified atom stereocenters. The maximum atomic E-state index is 13.4. The van der Waals surface area contributed by atoms with Gasteiger partial charge in [0.1, 0.15) is 5.82 Å². The van der Waals surface area contributed by atoms with Gasteiger partial charge in [-0.2, -0.15) is 4.39 Å². The number of benzene rings is 1. The molecule has 2 rings (SSSR count). The van der Waals surface area contributed by atoms with E-state index in [2.05, 4.69) is 12.2 Å². The van der Waals surface area contributed by atoms with Crippen LogP contribution in [0.3, 0.4) is 0 Å². The van der Waals surface area contributed by atoms with Crippen molar-refractivity contribution in [1.82, 2.24) is 5.32 Å². The maximum Gasteiger partial charge on any atom is 0.305 e. The highest BCUT2D eigenvalue weighted by atomic mass is 19.1. The van der Waals surface area contributed by atoms with Crippen LogP contribution in [0.15, 0.2) is 12.1 Å². The fraction of sp³-hybridized carbons (Fsp3) is 0.455. The van der Waals surface area contributed by atoms with E-state index in [0.29, 0.717) is 18.0 Å². The summed E-state index contributed by atoms with van der Waals surface area (Å²) in [6, 6.07) is 1.84. The Bertz CT molecular complexity index is 465. The zero-order valence-corrected chi connectivity index (χ0v) is 9.24. The predicted molar refractivity (Wildman–Crippen MR) is 57.4 cm³/mol. The Balaban J connectivity index is 2.15. The second kappa shape index (κ2) is 4.37. The summed E-state index contributed by atoms with van der Waals surface area (Å²) in [5.74, 6) is -1.35. The second-order valence-electron chi connectivity index (χ2n) is 4.35. The maximum absolute atomic E-state index is 13.4. The van der Waals surface area contributed by atoms with Gasteiger partial charge in [0.25, 0.3) is 0 Å². The molecule has 0 radical (unpaired) electrons. The highest BCUT2D eigenvalue weighted by Crippen LogP contribution is 2.30. The molecule has 2 atom stereocenters. The van der Waals surface area contributed by atoms with Gasteiger partial charge in [0.05, 0.1) is 4.92 Å². The Hall–Kier alpha value is -1.56. The molecule has 0 amide bonds. The van der Waals surface area contributed by atoms with Crippen LogP contribution >= 0.6 is 0 Å². The zero-order valence-electron chi connectivity index (χ0n) is 9.24. The number of nitro benzene ring substituents is 1. The van der Waals surface area contributed by atoms with Crippen LogP contribution in [0.25, 0.3) is 0 Å². The predicted octanol–water partition coefficient (Wildman–Crippen LogP) is 2.37. The standard InChI is InChI=1S/C11H12F2N2O2/c1-6-2-10(6)14-5-7-3-11(15(16)17)9(13)4-8(7)12/h3-4,6,10,14H,2,5H2,1H3. The average molecular weight is 242 g/mol. The molecular weight excluding hydrogens is 230 g/mol. The van der Waals surface area contributed by atoms with Gasteiger partial charge in [-0.1, -0.05) is 6.92 Å². The SMILES string of the molecule is CC1CC1NCc1cc([N+](=O)[O-])c(F)cc1F. The molecule has 0 bridgehead atoms. The first-order chi connectivity index (χ1) is 7.99. The van der Waals surface area contributed by atoms with Crippen molar-refractivity contribution in [2.75, 3.05) is 0 Å². The Labute approximate surface area is 96.8 Å². The molecule has 0 saturated heterocycles. The Kier molecular flexibility index (Phi) is 3.06. The van der Waals surface area contributed by atoms with Crippen LogP contribution in [0.4, 0.5) is 14.5 Å². The first-order valence-electron chi connectivity index (χ1n) is 5.34. The van der Waals surface area contributed by atoms with Crippen molar-refractivity contribution in [3.63, 3.8) is 0 Å². The van der Waals surface area contributed by atoms with Crippen molar-refractivity contribution >= 4 is 5.69 Å². The summed E-state index contributed by atoms with van der Waals surface area (Å²) >= 11 is 0. The molecule has 1 saturated carbocycles. The lowest BCUT2D eigenvalue weighted by Gasteiger charge is -2.05. The van der Waals surface area contributed by atoms with E-state index in [-0.39, 0.29) is 12.1 Å². The molecule has 6 heteroatoms. The summed E-state index contributed by atoms with van der Waals surface area (Å²) < 4.78 is 26.4. The van der Waals surface area contributed by atoms with E-state index >= 15 is 0 Å². The summed E-state index contributed by atoms with van der Waals surface area (Å²) in [7, 11) is 0. The highest BCUT2D eigenvalue weighted by molar-refractivity contribution is 5.37. The van der Waals surface area contributed by atoms with Gasteiger partial charge in [0.2, 0.25) is 5.82 Å². The second-order valence-corrected chi connectivity index (χ2v) is 4.35. The van der Waals surface area contributed by atoms with E-state index in [0.717, 1.165) is 12.5 Å². The molecule has 1 aliphatic carbocycles. The number of nitro groups is 1. The van der Waals surface area contributed by atoms with E-state index in [4.69, 9.17) is 0 Å². The van der Waals surface area contributed by atoms with E-state index in [9.17, 15) is 18.9 Å². The van der Waals surface area contributed by atoms with Crippen LogP contribution in [0.1, 0.15) is 18.9 Å². The van der Waals surface area contributed by atoms with Crippen LogP contribution in [0.2, 0.25) is 0 Å². The number of hydrogen-bond acceptors (Lipinski definition) is 3. The minimum Gasteiger partial charge on any atom is -0.310 e. The molecule has 17 heavy (non-hydrogen) atoms. The summed E-state index contributed by atoms with van der Waals surface area (Å²) in [5, 5.41) is 13.6. The third-order valence-corrected chi connectivity index (χ3v) is 2.98. The summed E-state index contributed by atoms with van der Waals surface area (Å²) in [6.45, 7) is 2.24. The topological polar surface area (TPSA) is 55.2 Å². The van der Waals surface area contributed by atoms with Gasteiger partial charge in [-0.05, 0) is 12.3 Å². The molecule has 0 aliphatic heterocycles. The van der Waals surface area contributed by atoms with Crippen molar-refractivity contribution in [3.8, 4) is 0 Å². The molecule has 0 heterocycles. The number of rotatable bonds is 4. The minimum absolute atomic E-state index is 0.122. The van der Waals surface area contributed by atoms with Gasteiger partial charge in [0.15, 0.2) is 0 Å². The molecule has 1 fully saturated rings. The van der Waals surface area contributed by atoms with Gasteiger partial charge in [-0.3, -0.25) is 10.1 Å².